The molecule has 2 unspecified atom stereocenters. The van der Waals surface area contributed by atoms with E-state index in [2.05, 4.69) is 22.3 Å². The first kappa shape index (κ1) is 20.3. The number of nitrogens with zero attached hydrogens (tertiary/aromatic N) is 2. The van der Waals surface area contributed by atoms with Crippen LogP contribution in [0.3, 0.4) is 0 Å². The Balaban J connectivity index is 1.57. The van der Waals surface area contributed by atoms with Gasteiger partial charge in [-0.3, -0.25) is 14.6 Å². The summed E-state index contributed by atoms with van der Waals surface area (Å²) in [5.41, 5.74) is 3.20. The molecule has 1 fully saturated rings. The molecular formula is C26H26N4O2. The van der Waals surface area contributed by atoms with Gasteiger partial charge in [-0.1, -0.05) is 54.5 Å². The number of H-pyrrole nitrogens is 1. The third-order valence-corrected chi connectivity index (χ3v) is 6.65. The Kier molecular flexibility index (Phi) is 4.99. The van der Waals surface area contributed by atoms with Crippen molar-refractivity contribution in [2.45, 2.75) is 31.3 Å². The summed E-state index contributed by atoms with van der Waals surface area (Å²) in [7, 11) is 0. The standard InChI is InChI=1S/C26H26N4O2/c1-3-14-27-15-9-16-29-24(31)26(2)17-20-19-12-7-8-13-21(19)28-22(20)23(30(26)25(29)32)18-10-5-4-6-11-18/h1,4-8,10-13,23,27-28H,9,14-17H2,2H3. The molecular weight excluding hydrogens is 400 g/mol. The molecule has 1 saturated heterocycles. The van der Waals surface area contributed by atoms with E-state index in [1.54, 1.807) is 4.90 Å². The van der Waals surface area contributed by atoms with Gasteiger partial charge in [0.25, 0.3) is 5.91 Å². The number of urea groups is 1. The number of carbonyl (C=O) groups is 2. The van der Waals surface area contributed by atoms with E-state index >= 15 is 0 Å². The van der Waals surface area contributed by atoms with Crippen molar-refractivity contribution in [2.24, 2.45) is 0 Å². The molecule has 0 spiro atoms. The van der Waals surface area contributed by atoms with Gasteiger partial charge in [0.1, 0.15) is 11.6 Å². The van der Waals surface area contributed by atoms with Crippen molar-refractivity contribution in [3.63, 3.8) is 0 Å². The van der Waals surface area contributed by atoms with Crippen LogP contribution in [0.1, 0.15) is 36.2 Å². The fraction of sp³-hybridized carbons (Fsp3) is 0.308. The molecule has 3 amide bonds. The van der Waals surface area contributed by atoms with Crippen LogP contribution in [0, 0.1) is 12.3 Å². The first-order valence-corrected chi connectivity index (χ1v) is 11.0. The minimum Gasteiger partial charge on any atom is -0.356 e. The highest BCUT2D eigenvalue weighted by atomic mass is 16.2. The van der Waals surface area contributed by atoms with Gasteiger partial charge < -0.3 is 10.3 Å². The number of fused-ring (bicyclic) bond motifs is 4. The average Bonchev–Trinajstić information content (AvgIpc) is 3.26. The lowest BCUT2D eigenvalue weighted by Gasteiger charge is -2.42. The first-order valence-electron chi connectivity index (χ1n) is 11.0. The van der Waals surface area contributed by atoms with E-state index in [9.17, 15) is 9.59 Å². The van der Waals surface area contributed by atoms with E-state index in [0.29, 0.717) is 32.5 Å². The molecule has 6 nitrogen and oxygen atoms in total. The van der Waals surface area contributed by atoms with E-state index in [1.807, 2.05) is 55.5 Å². The molecule has 6 heteroatoms. The van der Waals surface area contributed by atoms with Gasteiger partial charge in [0.15, 0.2) is 0 Å². The van der Waals surface area contributed by atoms with Crippen LogP contribution >= 0.6 is 0 Å². The third-order valence-electron chi connectivity index (χ3n) is 6.65. The molecule has 0 saturated carbocycles. The molecule has 162 valence electrons. The van der Waals surface area contributed by atoms with Gasteiger partial charge in [0, 0.05) is 29.6 Å². The highest BCUT2D eigenvalue weighted by molar-refractivity contribution is 6.08. The fourth-order valence-electron chi connectivity index (χ4n) is 5.17. The second-order valence-electron chi connectivity index (χ2n) is 8.67. The molecule has 3 heterocycles. The van der Waals surface area contributed by atoms with Crippen molar-refractivity contribution >= 4 is 22.8 Å². The number of aromatic nitrogens is 1. The van der Waals surface area contributed by atoms with Gasteiger partial charge >= 0.3 is 6.03 Å². The largest absolute Gasteiger partial charge is 0.356 e. The lowest BCUT2D eigenvalue weighted by molar-refractivity contribution is -0.133. The zero-order valence-corrected chi connectivity index (χ0v) is 18.1. The number of hydrogen-bond acceptors (Lipinski definition) is 3. The third kappa shape index (κ3) is 3.01. The molecule has 0 bridgehead atoms. The number of para-hydroxylation sites is 1. The van der Waals surface area contributed by atoms with Gasteiger partial charge in [0.2, 0.25) is 0 Å². The molecule has 1 aromatic heterocycles. The van der Waals surface area contributed by atoms with Crippen LogP contribution in [-0.4, -0.2) is 51.9 Å². The van der Waals surface area contributed by atoms with E-state index in [-0.39, 0.29) is 18.0 Å². The molecule has 2 aromatic carbocycles. The number of amides is 3. The lowest BCUT2D eigenvalue weighted by Crippen LogP contribution is -2.53. The SMILES string of the molecule is C#CCNCCCN1C(=O)N2C(c3ccccc3)c3[nH]c4ccccc4c3CC2(C)C1=O. The molecule has 0 aliphatic carbocycles. The van der Waals surface area contributed by atoms with Crippen molar-refractivity contribution in [2.75, 3.05) is 19.6 Å². The minimum atomic E-state index is -0.929. The Bertz CT molecular complexity index is 1230. The highest BCUT2D eigenvalue weighted by Crippen LogP contribution is 2.48. The second kappa shape index (κ2) is 7.85. The van der Waals surface area contributed by atoms with E-state index < -0.39 is 5.54 Å². The Morgan fingerprint density at radius 1 is 1.16 bits per heavy atom. The number of aromatic amines is 1. The Hall–Kier alpha value is -3.56. The van der Waals surface area contributed by atoms with Crippen LogP contribution in [0.25, 0.3) is 10.9 Å². The van der Waals surface area contributed by atoms with Crippen molar-refractivity contribution in [1.82, 2.24) is 20.1 Å². The number of rotatable bonds is 6. The molecule has 5 rings (SSSR count). The average molecular weight is 427 g/mol. The van der Waals surface area contributed by atoms with Crippen molar-refractivity contribution < 1.29 is 9.59 Å². The molecule has 2 atom stereocenters. The zero-order chi connectivity index (χ0) is 22.3. The topological polar surface area (TPSA) is 68.4 Å². The molecule has 0 radical (unpaired) electrons. The summed E-state index contributed by atoms with van der Waals surface area (Å²) in [5, 5.41) is 4.23. The summed E-state index contributed by atoms with van der Waals surface area (Å²) in [6.45, 7) is 3.41. The van der Waals surface area contributed by atoms with Gasteiger partial charge in [-0.25, -0.2) is 4.79 Å². The van der Waals surface area contributed by atoms with Gasteiger partial charge in [-0.05, 0) is 37.1 Å². The number of carbonyl (C=O) groups excluding carboxylic acids is 2. The molecule has 32 heavy (non-hydrogen) atoms. The van der Waals surface area contributed by atoms with Crippen molar-refractivity contribution in [1.29, 1.82) is 0 Å². The van der Waals surface area contributed by atoms with E-state index in [4.69, 9.17) is 6.42 Å². The number of hydrogen-bond donors (Lipinski definition) is 2. The van der Waals surface area contributed by atoms with Crippen LogP contribution in [0.5, 0.6) is 0 Å². The Labute approximate surface area is 187 Å². The van der Waals surface area contributed by atoms with Gasteiger partial charge in [-0.15, -0.1) is 6.42 Å². The molecule has 2 aliphatic rings. The maximum atomic E-state index is 13.6. The predicted molar refractivity (Wildman–Crippen MR) is 124 cm³/mol. The second-order valence-corrected chi connectivity index (χ2v) is 8.67. The van der Waals surface area contributed by atoms with Crippen LogP contribution in [0.4, 0.5) is 4.79 Å². The molecule has 2 N–H and O–H groups in total. The van der Waals surface area contributed by atoms with Crippen LogP contribution < -0.4 is 5.32 Å². The quantitative estimate of drug-likeness (QED) is 0.360. The number of benzene rings is 2. The highest BCUT2D eigenvalue weighted by Gasteiger charge is 2.59. The molecule has 2 aliphatic heterocycles. The molecule has 3 aromatic rings. The van der Waals surface area contributed by atoms with Crippen molar-refractivity contribution in [3.05, 3.63) is 71.4 Å². The Morgan fingerprint density at radius 3 is 2.69 bits per heavy atom. The van der Waals surface area contributed by atoms with Gasteiger partial charge in [0.05, 0.1) is 6.54 Å². The maximum absolute atomic E-state index is 13.6. The van der Waals surface area contributed by atoms with Crippen LogP contribution in [-0.2, 0) is 11.2 Å². The van der Waals surface area contributed by atoms with Gasteiger partial charge in [-0.2, -0.15) is 0 Å². The monoisotopic (exact) mass is 426 g/mol. The Morgan fingerprint density at radius 2 is 1.91 bits per heavy atom. The number of terminal acetylenes is 1. The number of imide groups is 1. The van der Waals surface area contributed by atoms with E-state index in [0.717, 1.165) is 27.7 Å². The predicted octanol–water partition coefficient (Wildman–Crippen LogP) is 3.45. The summed E-state index contributed by atoms with van der Waals surface area (Å²) >= 11 is 0. The summed E-state index contributed by atoms with van der Waals surface area (Å²) in [6.07, 6.45) is 6.43. The van der Waals surface area contributed by atoms with E-state index in [1.165, 1.54) is 4.90 Å². The normalized spacial score (nSPS) is 22.2. The summed E-state index contributed by atoms with van der Waals surface area (Å²) in [4.78, 5) is 34.1. The fourth-order valence-corrected chi connectivity index (χ4v) is 5.17. The van der Waals surface area contributed by atoms with Crippen molar-refractivity contribution in [3.8, 4) is 12.3 Å². The van der Waals surface area contributed by atoms with Crippen LogP contribution in [0.2, 0.25) is 0 Å². The zero-order valence-electron chi connectivity index (χ0n) is 18.1. The summed E-state index contributed by atoms with van der Waals surface area (Å²) in [5.74, 6) is 2.41. The summed E-state index contributed by atoms with van der Waals surface area (Å²) < 4.78 is 0. The summed E-state index contributed by atoms with van der Waals surface area (Å²) in [6, 6.07) is 17.5. The smallest absolute Gasteiger partial charge is 0.328 e. The maximum Gasteiger partial charge on any atom is 0.328 e. The first-order chi connectivity index (χ1) is 15.6. The minimum absolute atomic E-state index is 0.128. The van der Waals surface area contributed by atoms with Crippen LogP contribution in [0.15, 0.2) is 54.6 Å². The lowest BCUT2D eigenvalue weighted by atomic mass is 9.81. The number of nitrogens with one attached hydrogen (secondary N) is 2.